The standard InChI is InChI=1S/C20H23NO2/c1-13-10-11-14(2)19-18(13)15-8-6-7-9-16(15)21(19)12-17(22)23-20(3,4)5/h6-11H,12H2,1-5H3. The van der Waals surface area contributed by atoms with Crippen LogP contribution in [0.2, 0.25) is 0 Å². The van der Waals surface area contributed by atoms with Crippen molar-refractivity contribution < 1.29 is 9.53 Å². The van der Waals surface area contributed by atoms with Crippen molar-refractivity contribution in [3.8, 4) is 0 Å². The summed E-state index contributed by atoms with van der Waals surface area (Å²) in [6.45, 7) is 10.1. The molecule has 1 aromatic heterocycles. The van der Waals surface area contributed by atoms with E-state index in [4.69, 9.17) is 4.74 Å². The van der Waals surface area contributed by atoms with Gasteiger partial charge in [0.15, 0.2) is 0 Å². The lowest BCUT2D eigenvalue weighted by atomic mass is 10.0. The number of ether oxygens (including phenoxy) is 1. The van der Waals surface area contributed by atoms with Gasteiger partial charge >= 0.3 is 5.97 Å². The monoisotopic (exact) mass is 309 g/mol. The van der Waals surface area contributed by atoms with Crippen LogP contribution in [0.15, 0.2) is 36.4 Å². The molecule has 0 aliphatic rings. The zero-order chi connectivity index (χ0) is 16.8. The number of carbonyl (C=O) groups is 1. The number of rotatable bonds is 2. The number of fused-ring (bicyclic) bond motifs is 3. The molecule has 0 bridgehead atoms. The Hall–Kier alpha value is -2.29. The number of carbonyl (C=O) groups excluding carboxylic acids is 1. The summed E-state index contributed by atoms with van der Waals surface area (Å²) in [6.07, 6.45) is 0. The predicted octanol–water partition coefficient (Wildman–Crippen LogP) is 4.75. The zero-order valence-corrected chi connectivity index (χ0v) is 14.4. The number of aryl methyl sites for hydroxylation is 2. The number of esters is 1. The van der Waals surface area contributed by atoms with Gasteiger partial charge in [-0.2, -0.15) is 0 Å². The van der Waals surface area contributed by atoms with Crippen molar-refractivity contribution in [2.45, 2.75) is 46.8 Å². The minimum absolute atomic E-state index is 0.207. The van der Waals surface area contributed by atoms with Crippen LogP contribution in [-0.4, -0.2) is 16.1 Å². The fourth-order valence-electron chi connectivity index (χ4n) is 3.19. The highest BCUT2D eigenvalue weighted by Crippen LogP contribution is 2.33. The third-order valence-electron chi connectivity index (χ3n) is 4.03. The maximum atomic E-state index is 12.4. The molecule has 0 aliphatic carbocycles. The summed E-state index contributed by atoms with van der Waals surface area (Å²) in [5.41, 5.74) is 4.12. The Bertz CT molecular complexity index is 897. The molecule has 2 aromatic carbocycles. The summed E-state index contributed by atoms with van der Waals surface area (Å²) in [6, 6.07) is 12.5. The van der Waals surface area contributed by atoms with Crippen molar-refractivity contribution in [1.82, 2.24) is 4.57 Å². The van der Waals surface area contributed by atoms with E-state index in [0.717, 1.165) is 11.0 Å². The fourth-order valence-corrected chi connectivity index (χ4v) is 3.19. The van der Waals surface area contributed by atoms with Crippen LogP contribution in [0.4, 0.5) is 0 Å². The maximum absolute atomic E-state index is 12.4. The molecule has 3 rings (SSSR count). The van der Waals surface area contributed by atoms with Gasteiger partial charge in [0, 0.05) is 16.3 Å². The minimum atomic E-state index is -0.471. The van der Waals surface area contributed by atoms with E-state index in [1.165, 1.54) is 21.9 Å². The van der Waals surface area contributed by atoms with Crippen LogP contribution < -0.4 is 0 Å². The molecule has 0 fully saturated rings. The molecular formula is C20H23NO2. The molecular weight excluding hydrogens is 286 g/mol. The first-order chi connectivity index (χ1) is 10.8. The second-order valence-corrected chi connectivity index (χ2v) is 7.11. The largest absolute Gasteiger partial charge is 0.459 e. The first-order valence-electron chi connectivity index (χ1n) is 7.97. The third kappa shape index (κ3) is 2.83. The molecule has 0 saturated carbocycles. The summed E-state index contributed by atoms with van der Waals surface area (Å²) in [5.74, 6) is -0.207. The Morgan fingerprint density at radius 3 is 2.39 bits per heavy atom. The number of benzene rings is 2. The second-order valence-electron chi connectivity index (χ2n) is 7.11. The van der Waals surface area contributed by atoms with Gasteiger partial charge < -0.3 is 9.30 Å². The van der Waals surface area contributed by atoms with Gasteiger partial charge in [-0.15, -0.1) is 0 Å². The van der Waals surface area contributed by atoms with Crippen LogP contribution >= 0.6 is 0 Å². The molecule has 1 heterocycles. The average Bonchev–Trinajstić information content (AvgIpc) is 2.77. The van der Waals surface area contributed by atoms with Crippen molar-refractivity contribution in [3.05, 3.63) is 47.5 Å². The van der Waals surface area contributed by atoms with Crippen molar-refractivity contribution >= 4 is 27.8 Å². The van der Waals surface area contributed by atoms with Gasteiger partial charge in [-0.05, 0) is 51.8 Å². The summed E-state index contributed by atoms with van der Waals surface area (Å²) < 4.78 is 7.60. The van der Waals surface area contributed by atoms with Gasteiger partial charge in [0.2, 0.25) is 0 Å². The van der Waals surface area contributed by atoms with E-state index in [-0.39, 0.29) is 12.5 Å². The summed E-state index contributed by atoms with van der Waals surface area (Å²) >= 11 is 0. The lowest BCUT2D eigenvalue weighted by Gasteiger charge is -2.20. The van der Waals surface area contributed by atoms with Crippen LogP contribution in [0.1, 0.15) is 31.9 Å². The van der Waals surface area contributed by atoms with Crippen LogP contribution in [0, 0.1) is 13.8 Å². The summed E-state index contributed by atoms with van der Waals surface area (Å²) in [7, 11) is 0. The van der Waals surface area contributed by atoms with Gasteiger partial charge in [0.25, 0.3) is 0 Å². The zero-order valence-electron chi connectivity index (χ0n) is 14.4. The number of aromatic nitrogens is 1. The molecule has 3 nitrogen and oxygen atoms in total. The third-order valence-corrected chi connectivity index (χ3v) is 4.03. The van der Waals surface area contributed by atoms with Gasteiger partial charge in [0.1, 0.15) is 12.1 Å². The van der Waals surface area contributed by atoms with E-state index in [1.54, 1.807) is 0 Å². The van der Waals surface area contributed by atoms with Crippen LogP contribution in [0.25, 0.3) is 21.8 Å². The van der Waals surface area contributed by atoms with Crippen LogP contribution in [-0.2, 0) is 16.1 Å². The normalized spacial score (nSPS) is 12.0. The van der Waals surface area contributed by atoms with Gasteiger partial charge in [-0.1, -0.05) is 30.3 Å². The smallest absolute Gasteiger partial charge is 0.326 e. The molecule has 3 aromatic rings. The Kier molecular flexibility index (Phi) is 3.67. The van der Waals surface area contributed by atoms with Crippen molar-refractivity contribution in [2.75, 3.05) is 0 Å². The Balaban J connectivity index is 2.22. The quantitative estimate of drug-likeness (QED) is 0.639. The highest BCUT2D eigenvalue weighted by atomic mass is 16.6. The van der Waals surface area contributed by atoms with E-state index < -0.39 is 5.60 Å². The van der Waals surface area contributed by atoms with Crippen molar-refractivity contribution in [2.24, 2.45) is 0 Å². The Labute approximate surface area is 136 Å². The number of nitrogens with zero attached hydrogens (tertiary/aromatic N) is 1. The highest BCUT2D eigenvalue weighted by molar-refractivity contribution is 6.11. The molecule has 3 heteroatoms. The SMILES string of the molecule is Cc1ccc(C)c2c1c1ccccc1n2CC(=O)OC(C)(C)C. The first-order valence-corrected chi connectivity index (χ1v) is 7.97. The van der Waals surface area contributed by atoms with E-state index >= 15 is 0 Å². The van der Waals surface area contributed by atoms with E-state index in [9.17, 15) is 4.79 Å². The van der Waals surface area contributed by atoms with E-state index in [2.05, 4.69) is 42.7 Å². The maximum Gasteiger partial charge on any atom is 0.326 e. The topological polar surface area (TPSA) is 31.2 Å². The number of para-hydroxylation sites is 1. The molecule has 0 atom stereocenters. The highest BCUT2D eigenvalue weighted by Gasteiger charge is 2.20. The van der Waals surface area contributed by atoms with Gasteiger partial charge in [-0.25, -0.2) is 0 Å². The predicted molar refractivity (Wildman–Crippen MR) is 94.8 cm³/mol. The molecule has 120 valence electrons. The van der Waals surface area contributed by atoms with Gasteiger partial charge in [-0.3, -0.25) is 4.79 Å². The molecule has 0 radical (unpaired) electrons. The summed E-state index contributed by atoms with van der Waals surface area (Å²) in [5, 5.41) is 2.41. The fraction of sp³-hybridized carbons (Fsp3) is 0.350. The minimum Gasteiger partial charge on any atom is -0.459 e. The molecule has 0 spiro atoms. The molecule has 0 amide bonds. The molecule has 0 saturated heterocycles. The first kappa shape index (κ1) is 15.6. The van der Waals surface area contributed by atoms with Gasteiger partial charge in [0.05, 0.1) is 5.52 Å². The lowest BCUT2D eigenvalue weighted by Crippen LogP contribution is -2.26. The average molecular weight is 309 g/mol. The van der Waals surface area contributed by atoms with E-state index in [1.807, 2.05) is 32.9 Å². The summed E-state index contributed by atoms with van der Waals surface area (Å²) in [4.78, 5) is 12.4. The number of hydrogen-bond donors (Lipinski definition) is 0. The van der Waals surface area contributed by atoms with Crippen molar-refractivity contribution in [1.29, 1.82) is 0 Å². The van der Waals surface area contributed by atoms with Crippen LogP contribution in [0.3, 0.4) is 0 Å². The molecule has 23 heavy (non-hydrogen) atoms. The Morgan fingerprint density at radius 2 is 1.70 bits per heavy atom. The number of hydrogen-bond acceptors (Lipinski definition) is 2. The molecule has 0 aliphatic heterocycles. The second kappa shape index (κ2) is 5.41. The van der Waals surface area contributed by atoms with E-state index in [0.29, 0.717) is 0 Å². The molecule has 0 unspecified atom stereocenters. The van der Waals surface area contributed by atoms with Crippen LogP contribution in [0.5, 0.6) is 0 Å². The lowest BCUT2D eigenvalue weighted by molar-refractivity contribution is -0.155. The molecule has 0 N–H and O–H groups in total. The Morgan fingerprint density at radius 1 is 1.04 bits per heavy atom. The van der Waals surface area contributed by atoms with Crippen molar-refractivity contribution in [3.63, 3.8) is 0 Å².